The lowest BCUT2D eigenvalue weighted by Crippen LogP contribution is -2.09. The summed E-state index contributed by atoms with van der Waals surface area (Å²) in [5.74, 6) is 1.00. The molecule has 16 heavy (non-hydrogen) atoms. The Bertz CT molecular complexity index is 462. The van der Waals surface area contributed by atoms with Crippen LogP contribution in [-0.2, 0) is 13.5 Å². The van der Waals surface area contributed by atoms with Gasteiger partial charge in [-0.3, -0.25) is 0 Å². The minimum absolute atomic E-state index is 0.872. The van der Waals surface area contributed by atoms with Crippen LogP contribution in [0.4, 0.5) is 5.69 Å². The second kappa shape index (κ2) is 4.79. The number of hydrogen-bond acceptors (Lipinski definition) is 3. The van der Waals surface area contributed by atoms with Gasteiger partial charge in [0, 0.05) is 25.7 Å². The molecule has 0 bridgehead atoms. The number of nitrogens with one attached hydrogen (secondary N) is 1. The molecule has 0 radical (unpaired) electrons. The molecule has 1 aromatic heterocycles. The second-order valence-corrected chi connectivity index (χ2v) is 3.85. The van der Waals surface area contributed by atoms with Crippen molar-refractivity contribution in [3.63, 3.8) is 0 Å². The second-order valence-electron chi connectivity index (χ2n) is 3.85. The zero-order chi connectivity index (χ0) is 11.4. The SMILES string of the molecule is Cc1ccccc1NCCc1nncn1C. The van der Waals surface area contributed by atoms with E-state index in [2.05, 4.69) is 34.6 Å². The number of anilines is 1. The number of para-hydroxylation sites is 1. The third-order valence-corrected chi connectivity index (χ3v) is 2.61. The van der Waals surface area contributed by atoms with Crippen molar-refractivity contribution in [2.45, 2.75) is 13.3 Å². The van der Waals surface area contributed by atoms with Crippen LogP contribution in [0.3, 0.4) is 0 Å². The molecule has 0 aliphatic rings. The lowest BCUT2D eigenvalue weighted by Gasteiger charge is -2.08. The number of benzene rings is 1. The van der Waals surface area contributed by atoms with Crippen molar-refractivity contribution < 1.29 is 0 Å². The third kappa shape index (κ3) is 2.39. The number of nitrogens with zero attached hydrogens (tertiary/aromatic N) is 3. The Kier molecular flexibility index (Phi) is 3.19. The average Bonchev–Trinajstić information content (AvgIpc) is 2.67. The van der Waals surface area contributed by atoms with Crippen LogP contribution >= 0.6 is 0 Å². The van der Waals surface area contributed by atoms with Gasteiger partial charge in [-0.25, -0.2) is 0 Å². The molecule has 0 saturated heterocycles. The summed E-state index contributed by atoms with van der Waals surface area (Å²) in [6.07, 6.45) is 2.61. The van der Waals surface area contributed by atoms with Crippen molar-refractivity contribution in [3.8, 4) is 0 Å². The molecule has 84 valence electrons. The van der Waals surface area contributed by atoms with Crippen molar-refractivity contribution in [2.75, 3.05) is 11.9 Å². The molecule has 4 nitrogen and oxygen atoms in total. The Morgan fingerprint density at radius 2 is 2.12 bits per heavy atom. The number of hydrogen-bond donors (Lipinski definition) is 1. The van der Waals surface area contributed by atoms with E-state index in [1.807, 2.05) is 23.7 Å². The van der Waals surface area contributed by atoms with E-state index in [0.717, 1.165) is 18.8 Å². The maximum absolute atomic E-state index is 4.04. The molecule has 0 unspecified atom stereocenters. The Labute approximate surface area is 95.3 Å². The Morgan fingerprint density at radius 1 is 1.31 bits per heavy atom. The molecular weight excluding hydrogens is 200 g/mol. The molecule has 2 aromatic rings. The number of rotatable bonds is 4. The van der Waals surface area contributed by atoms with Crippen LogP contribution in [0.5, 0.6) is 0 Å². The first-order valence-corrected chi connectivity index (χ1v) is 5.40. The molecule has 2 rings (SSSR count). The third-order valence-electron chi connectivity index (χ3n) is 2.61. The average molecular weight is 216 g/mol. The van der Waals surface area contributed by atoms with Crippen molar-refractivity contribution in [1.29, 1.82) is 0 Å². The lowest BCUT2D eigenvalue weighted by molar-refractivity contribution is 0.788. The molecule has 0 fully saturated rings. The topological polar surface area (TPSA) is 42.7 Å². The van der Waals surface area contributed by atoms with Crippen molar-refractivity contribution in [2.24, 2.45) is 7.05 Å². The summed E-state index contributed by atoms with van der Waals surface area (Å²) >= 11 is 0. The van der Waals surface area contributed by atoms with Gasteiger partial charge in [0.05, 0.1) is 0 Å². The van der Waals surface area contributed by atoms with Gasteiger partial charge < -0.3 is 9.88 Å². The first kappa shape index (κ1) is 10.7. The van der Waals surface area contributed by atoms with Crippen molar-refractivity contribution in [1.82, 2.24) is 14.8 Å². The van der Waals surface area contributed by atoms with E-state index in [4.69, 9.17) is 0 Å². The van der Waals surface area contributed by atoms with Crippen LogP contribution < -0.4 is 5.32 Å². The van der Waals surface area contributed by atoms with Gasteiger partial charge in [0.1, 0.15) is 12.2 Å². The van der Waals surface area contributed by atoms with Gasteiger partial charge in [0.2, 0.25) is 0 Å². The molecule has 1 aromatic carbocycles. The minimum Gasteiger partial charge on any atom is -0.384 e. The van der Waals surface area contributed by atoms with E-state index in [1.165, 1.54) is 11.3 Å². The molecule has 0 atom stereocenters. The van der Waals surface area contributed by atoms with E-state index in [0.29, 0.717) is 0 Å². The standard InChI is InChI=1S/C12H16N4/c1-10-5-3-4-6-11(10)13-8-7-12-15-14-9-16(12)2/h3-6,9,13H,7-8H2,1-2H3. The highest BCUT2D eigenvalue weighted by Crippen LogP contribution is 2.12. The molecular formula is C12H16N4. The van der Waals surface area contributed by atoms with Crippen LogP contribution in [-0.4, -0.2) is 21.3 Å². The molecule has 0 aliphatic carbocycles. The Morgan fingerprint density at radius 3 is 2.81 bits per heavy atom. The zero-order valence-electron chi connectivity index (χ0n) is 9.64. The van der Waals surface area contributed by atoms with Crippen LogP contribution in [0.25, 0.3) is 0 Å². The smallest absolute Gasteiger partial charge is 0.134 e. The van der Waals surface area contributed by atoms with Crippen LogP contribution in [0.1, 0.15) is 11.4 Å². The van der Waals surface area contributed by atoms with Crippen molar-refractivity contribution in [3.05, 3.63) is 42.0 Å². The summed E-state index contributed by atoms with van der Waals surface area (Å²) in [6, 6.07) is 8.28. The molecule has 0 spiro atoms. The summed E-state index contributed by atoms with van der Waals surface area (Å²) in [6.45, 7) is 2.97. The van der Waals surface area contributed by atoms with Gasteiger partial charge in [-0.2, -0.15) is 0 Å². The minimum atomic E-state index is 0.872. The van der Waals surface area contributed by atoms with Gasteiger partial charge in [0.15, 0.2) is 0 Å². The van der Waals surface area contributed by atoms with E-state index in [-0.39, 0.29) is 0 Å². The van der Waals surface area contributed by atoms with E-state index < -0.39 is 0 Å². The molecule has 0 saturated carbocycles. The summed E-state index contributed by atoms with van der Waals surface area (Å²) < 4.78 is 1.94. The van der Waals surface area contributed by atoms with Crippen LogP contribution in [0.2, 0.25) is 0 Å². The highest BCUT2D eigenvalue weighted by molar-refractivity contribution is 5.50. The molecule has 4 heteroatoms. The molecule has 1 heterocycles. The predicted molar refractivity (Wildman–Crippen MR) is 64.4 cm³/mol. The summed E-state index contributed by atoms with van der Waals surface area (Å²) in [5.41, 5.74) is 2.45. The highest BCUT2D eigenvalue weighted by atomic mass is 15.2. The Hall–Kier alpha value is -1.84. The van der Waals surface area contributed by atoms with Crippen LogP contribution in [0.15, 0.2) is 30.6 Å². The lowest BCUT2D eigenvalue weighted by atomic mass is 10.2. The normalized spacial score (nSPS) is 10.4. The van der Waals surface area contributed by atoms with Gasteiger partial charge in [-0.05, 0) is 18.6 Å². The van der Waals surface area contributed by atoms with Gasteiger partial charge >= 0.3 is 0 Å². The molecule has 0 aliphatic heterocycles. The maximum atomic E-state index is 4.04. The Balaban J connectivity index is 1.89. The molecule has 1 N–H and O–H groups in total. The fourth-order valence-electron chi connectivity index (χ4n) is 1.61. The van der Waals surface area contributed by atoms with E-state index in [1.54, 1.807) is 6.33 Å². The fraction of sp³-hybridized carbons (Fsp3) is 0.333. The molecule has 0 amide bonds. The van der Waals surface area contributed by atoms with Crippen LogP contribution in [0, 0.1) is 6.92 Å². The maximum Gasteiger partial charge on any atom is 0.134 e. The van der Waals surface area contributed by atoms with Gasteiger partial charge in [-0.1, -0.05) is 18.2 Å². The number of aromatic nitrogens is 3. The fourth-order valence-corrected chi connectivity index (χ4v) is 1.61. The largest absolute Gasteiger partial charge is 0.384 e. The summed E-state index contributed by atoms with van der Waals surface area (Å²) in [5, 5.41) is 11.3. The first-order valence-electron chi connectivity index (χ1n) is 5.40. The summed E-state index contributed by atoms with van der Waals surface area (Å²) in [4.78, 5) is 0. The number of aryl methyl sites for hydroxylation is 2. The summed E-state index contributed by atoms with van der Waals surface area (Å²) in [7, 11) is 1.96. The van der Waals surface area contributed by atoms with Crippen molar-refractivity contribution >= 4 is 5.69 Å². The highest BCUT2D eigenvalue weighted by Gasteiger charge is 2.00. The monoisotopic (exact) mass is 216 g/mol. The first-order chi connectivity index (χ1) is 7.77. The predicted octanol–water partition coefficient (Wildman–Crippen LogP) is 1.78. The van der Waals surface area contributed by atoms with Gasteiger partial charge in [0.25, 0.3) is 0 Å². The quantitative estimate of drug-likeness (QED) is 0.847. The van der Waals surface area contributed by atoms with E-state index >= 15 is 0 Å². The zero-order valence-corrected chi connectivity index (χ0v) is 9.64. The van der Waals surface area contributed by atoms with E-state index in [9.17, 15) is 0 Å². The van der Waals surface area contributed by atoms with Gasteiger partial charge in [-0.15, -0.1) is 10.2 Å².